The number of carbonyl (C=O) groups excluding carboxylic acids is 2. The molecule has 10 heteroatoms. The Morgan fingerprint density at radius 1 is 1.06 bits per heavy atom. The first-order valence-corrected chi connectivity index (χ1v) is 10.1. The number of aromatic nitrogens is 1. The molecule has 1 atom stereocenters. The number of carboxylic acid groups (broad SMARTS) is 1. The third-order valence-electron chi connectivity index (χ3n) is 4.90. The first kappa shape index (κ1) is 21.6. The number of hydrogen-bond acceptors (Lipinski definition) is 4. The summed E-state index contributed by atoms with van der Waals surface area (Å²) in [4.78, 5) is 41.9. The Morgan fingerprint density at radius 3 is 2.19 bits per heavy atom. The molecule has 2 N–H and O–H groups in total. The third kappa shape index (κ3) is 4.09. The quantitative estimate of drug-likeness (QED) is 0.502. The lowest BCUT2D eigenvalue weighted by Crippen LogP contribution is -2.31. The largest absolute Gasteiger partial charge is 0.465 e. The molecule has 32 heavy (non-hydrogen) atoms. The monoisotopic (exact) mass is 501 g/mol. The summed E-state index contributed by atoms with van der Waals surface area (Å²) in [6.07, 6.45) is -0.173. The van der Waals surface area contributed by atoms with Gasteiger partial charge in [-0.2, -0.15) is 0 Å². The normalized spacial score (nSPS) is 13.8. The summed E-state index contributed by atoms with van der Waals surface area (Å²) in [5.41, 5.74) is 1.18. The van der Waals surface area contributed by atoms with Gasteiger partial charge in [-0.15, -0.1) is 0 Å². The van der Waals surface area contributed by atoms with Crippen LogP contribution < -0.4 is 10.2 Å². The zero-order valence-corrected chi connectivity index (χ0v) is 17.8. The molecule has 2 aromatic carbocycles. The van der Waals surface area contributed by atoms with Crippen molar-refractivity contribution in [2.45, 2.75) is 12.5 Å². The molecule has 1 unspecified atom stereocenters. The van der Waals surface area contributed by atoms with Gasteiger partial charge in [0.1, 0.15) is 11.6 Å². The summed E-state index contributed by atoms with van der Waals surface area (Å²) in [5, 5.41) is 11.5. The Hall–Kier alpha value is -3.66. The van der Waals surface area contributed by atoms with E-state index in [1.807, 2.05) is 0 Å². The second-order valence-corrected chi connectivity index (χ2v) is 7.89. The number of amides is 3. The van der Waals surface area contributed by atoms with Gasteiger partial charge in [-0.1, -0.05) is 12.1 Å². The summed E-state index contributed by atoms with van der Waals surface area (Å²) in [5.74, 6) is -2.57. The van der Waals surface area contributed by atoms with Gasteiger partial charge < -0.3 is 10.4 Å². The minimum atomic E-state index is -1.36. The molecule has 3 amide bonds. The highest BCUT2D eigenvalue weighted by Gasteiger charge is 2.37. The highest BCUT2D eigenvalue weighted by Crippen LogP contribution is 2.32. The standard InChI is InChI=1S/C22H14BrF2N3O4/c23-17-9-14(28-20(29)15-3-1-2-4-16(15)21(28)30)10-26-19(17)18(27-22(31)32)7-11-5-12(24)8-13(25)6-11/h1-6,8-10,18,27H,7H2,(H,31,32). The van der Waals surface area contributed by atoms with Crippen LogP contribution in [0.3, 0.4) is 0 Å². The minimum absolute atomic E-state index is 0.0844. The molecule has 162 valence electrons. The number of rotatable bonds is 5. The van der Waals surface area contributed by atoms with Gasteiger partial charge in [0.15, 0.2) is 0 Å². The summed E-state index contributed by atoms with van der Waals surface area (Å²) < 4.78 is 27.4. The van der Waals surface area contributed by atoms with E-state index >= 15 is 0 Å². The number of fused-ring (bicyclic) bond motifs is 1. The molecule has 3 aromatic rings. The molecule has 1 aromatic heterocycles. The van der Waals surface area contributed by atoms with E-state index in [0.717, 1.165) is 17.0 Å². The number of carbonyl (C=O) groups is 3. The lowest BCUT2D eigenvalue weighted by atomic mass is 10.0. The molecule has 4 rings (SSSR count). The van der Waals surface area contributed by atoms with Crippen LogP contribution in [-0.2, 0) is 6.42 Å². The number of anilines is 1. The average molecular weight is 502 g/mol. The molecular formula is C22H14BrF2N3O4. The van der Waals surface area contributed by atoms with E-state index in [9.17, 15) is 28.3 Å². The second-order valence-electron chi connectivity index (χ2n) is 7.04. The molecule has 1 aliphatic heterocycles. The van der Waals surface area contributed by atoms with Crippen molar-refractivity contribution in [2.24, 2.45) is 0 Å². The summed E-state index contributed by atoms with van der Waals surface area (Å²) in [7, 11) is 0. The van der Waals surface area contributed by atoms with Gasteiger partial charge in [-0.25, -0.2) is 18.5 Å². The predicted octanol–water partition coefficient (Wildman–Crippen LogP) is 4.47. The summed E-state index contributed by atoms with van der Waals surface area (Å²) >= 11 is 3.31. The first-order chi connectivity index (χ1) is 15.2. The van der Waals surface area contributed by atoms with Crippen molar-refractivity contribution in [1.29, 1.82) is 0 Å². The van der Waals surface area contributed by atoms with Crippen molar-refractivity contribution in [3.8, 4) is 0 Å². The Labute approximate surface area is 188 Å². The van der Waals surface area contributed by atoms with Gasteiger partial charge in [-0.05, 0) is 58.2 Å². The minimum Gasteiger partial charge on any atom is -0.465 e. The smallest absolute Gasteiger partial charge is 0.405 e. The fourth-order valence-electron chi connectivity index (χ4n) is 3.57. The lowest BCUT2D eigenvalue weighted by molar-refractivity contribution is 0.0926. The summed E-state index contributed by atoms with van der Waals surface area (Å²) in [6, 6.07) is 9.83. The Morgan fingerprint density at radius 2 is 1.66 bits per heavy atom. The highest BCUT2D eigenvalue weighted by atomic mass is 79.9. The van der Waals surface area contributed by atoms with Crippen molar-refractivity contribution in [2.75, 3.05) is 4.90 Å². The number of imide groups is 1. The molecular weight excluding hydrogens is 488 g/mol. The Balaban J connectivity index is 1.67. The van der Waals surface area contributed by atoms with Crippen molar-refractivity contribution >= 4 is 39.5 Å². The maximum absolute atomic E-state index is 13.6. The molecule has 0 saturated heterocycles. The maximum atomic E-state index is 13.6. The van der Waals surface area contributed by atoms with Crippen LogP contribution in [0.2, 0.25) is 0 Å². The predicted molar refractivity (Wildman–Crippen MR) is 113 cm³/mol. The van der Waals surface area contributed by atoms with Crippen LogP contribution in [0, 0.1) is 11.6 Å². The van der Waals surface area contributed by atoms with Gasteiger partial charge in [0.05, 0.1) is 34.7 Å². The number of pyridine rings is 1. The Kier molecular flexibility index (Phi) is 5.70. The van der Waals surface area contributed by atoms with Crippen molar-refractivity contribution in [3.05, 3.63) is 93.2 Å². The topological polar surface area (TPSA) is 99.6 Å². The molecule has 0 radical (unpaired) electrons. The van der Waals surface area contributed by atoms with E-state index in [0.29, 0.717) is 10.5 Å². The zero-order valence-electron chi connectivity index (χ0n) is 16.2. The van der Waals surface area contributed by atoms with Crippen LogP contribution in [-0.4, -0.2) is 28.0 Å². The van der Waals surface area contributed by atoms with E-state index < -0.39 is 35.6 Å². The van der Waals surface area contributed by atoms with E-state index in [2.05, 4.69) is 26.2 Å². The van der Waals surface area contributed by atoms with Crippen LogP contribution in [0.5, 0.6) is 0 Å². The fraction of sp³-hybridized carbons (Fsp3) is 0.0909. The molecule has 0 bridgehead atoms. The average Bonchev–Trinajstić information content (AvgIpc) is 2.97. The maximum Gasteiger partial charge on any atom is 0.405 e. The number of benzene rings is 2. The molecule has 1 aliphatic rings. The van der Waals surface area contributed by atoms with E-state index in [1.54, 1.807) is 24.3 Å². The number of halogens is 3. The van der Waals surface area contributed by atoms with Crippen LogP contribution in [0.4, 0.5) is 19.3 Å². The van der Waals surface area contributed by atoms with Crippen molar-refractivity contribution in [1.82, 2.24) is 10.3 Å². The van der Waals surface area contributed by atoms with Gasteiger partial charge in [0, 0.05) is 10.5 Å². The van der Waals surface area contributed by atoms with Crippen LogP contribution in [0.25, 0.3) is 0 Å². The number of nitrogens with one attached hydrogen (secondary N) is 1. The zero-order chi connectivity index (χ0) is 23.0. The van der Waals surface area contributed by atoms with E-state index in [1.165, 1.54) is 12.3 Å². The van der Waals surface area contributed by atoms with Crippen molar-refractivity contribution in [3.63, 3.8) is 0 Å². The van der Waals surface area contributed by atoms with Gasteiger partial charge in [0.2, 0.25) is 0 Å². The van der Waals surface area contributed by atoms with Crippen LogP contribution in [0.1, 0.15) is 38.0 Å². The SMILES string of the molecule is O=C(O)NC(Cc1cc(F)cc(F)c1)c1ncc(N2C(=O)c3ccccc3C2=O)cc1Br. The van der Waals surface area contributed by atoms with Gasteiger partial charge >= 0.3 is 6.09 Å². The van der Waals surface area contributed by atoms with Crippen LogP contribution >= 0.6 is 15.9 Å². The number of hydrogen-bond donors (Lipinski definition) is 2. The molecule has 2 heterocycles. The van der Waals surface area contributed by atoms with E-state index in [-0.39, 0.29) is 34.5 Å². The van der Waals surface area contributed by atoms with Crippen LogP contribution in [0.15, 0.2) is 59.2 Å². The fourth-order valence-corrected chi connectivity index (χ4v) is 4.18. The summed E-state index contributed by atoms with van der Waals surface area (Å²) in [6.45, 7) is 0. The highest BCUT2D eigenvalue weighted by molar-refractivity contribution is 9.10. The number of nitrogens with zero attached hydrogens (tertiary/aromatic N) is 2. The van der Waals surface area contributed by atoms with Crippen molar-refractivity contribution < 1.29 is 28.3 Å². The molecule has 0 spiro atoms. The molecule has 0 fully saturated rings. The molecule has 7 nitrogen and oxygen atoms in total. The first-order valence-electron chi connectivity index (χ1n) is 9.32. The van der Waals surface area contributed by atoms with E-state index in [4.69, 9.17) is 0 Å². The lowest BCUT2D eigenvalue weighted by Gasteiger charge is -2.20. The van der Waals surface area contributed by atoms with Gasteiger partial charge in [0.25, 0.3) is 11.8 Å². The second kappa shape index (κ2) is 8.46. The Bertz CT molecular complexity index is 1210. The molecule has 0 saturated carbocycles. The molecule has 0 aliphatic carbocycles. The van der Waals surface area contributed by atoms with Gasteiger partial charge in [-0.3, -0.25) is 14.6 Å². The third-order valence-corrected chi connectivity index (χ3v) is 5.53.